The standard InChI is InChI=1S/C28H26ClFN2O3/c1-16-12-23(26(33)27(34)31-20-6-7-20)22-14-24(25(29)15-21(16)22)28(35)32-10-8-18(9-11-32)13-17-2-4-19(30)5-3-17/h2-5,12,14-15,18,20H,1,6-11,13H2,(H,31,34). The zero-order valence-corrected chi connectivity index (χ0v) is 20.0. The van der Waals surface area contributed by atoms with Crippen molar-refractivity contribution in [3.63, 3.8) is 0 Å². The molecule has 2 aromatic rings. The van der Waals surface area contributed by atoms with E-state index in [1.54, 1.807) is 23.1 Å². The van der Waals surface area contributed by atoms with Gasteiger partial charge in [-0.3, -0.25) is 14.4 Å². The second kappa shape index (κ2) is 9.42. The number of hydrogen-bond acceptors (Lipinski definition) is 3. The van der Waals surface area contributed by atoms with Gasteiger partial charge in [-0.25, -0.2) is 4.39 Å². The number of Topliss-reactive ketones (excluding diaryl/α,β-unsaturated/α-hetero) is 1. The fraction of sp³-hybridized carbons (Fsp3) is 0.321. The first-order valence-corrected chi connectivity index (χ1v) is 12.3. The first-order valence-electron chi connectivity index (χ1n) is 11.9. The van der Waals surface area contributed by atoms with E-state index in [2.05, 4.69) is 11.9 Å². The van der Waals surface area contributed by atoms with E-state index in [0.29, 0.717) is 46.3 Å². The number of rotatable bonds is 6. The number of likely N-dealkylation sites (tertiary alicyclic amines) is 1. The summed E-state index contributed by atoms with van der Waals surface area (Å²) in [6.45, 7) is 5.17. The fourth-order valence-electron chi connectivity index (χ4n) is 4.81. The van der Waals surface area contributed by atoms with E-state index < -0.39 is 11.7 Å². The Bertz CT molecular complexity index is 1260. The molecule has 7 heteroatoms. The molecule has 2 amide bonds. The van der Waals surface area contributed by atoms with Crippen LogP contribution in [0.25, 0.3) is 11.1 Å². The molecule has 1 heterocycles. The molecule has 35 heavy (non-hydrogen) atoms. The van der Waals surface area contributed by atoms with Gasteiger partial charge in [0.2, 0.25) is 0 Å². The number of amides is 2. The van der Waals surface area contributed by atoms with E-state index in [4.69, 9.17) is 11.6 Å². The number of ketones is 1. The lowest BCUT2D eigenvalue weighted by Crippen LogP contribution is -2.39. The number of nitrogens with zero attached hydrogens (tertiary/aromatic N) is 1. The molecular formula is C28H26ClFN2O3. The van der Waals surface area contributed by atoms with Crippen molar-refractivity contribution in [2.75, 3.05) is 13.1 Å². The maximum Gasteiger partial charge on any atom is 0.292 e. The summed E-state index contributed by atoms with van der Waals surface area (Å²) in [6.07, 6.45) is 5.89. The van der Waals surface area contributed by atoms with Gasteiger partial charge in [0.1, 0.15) is 5.82 Å². The summed E-state index contributed by atoms with van der Waals surface area (Å²) in [4.78, 5) is 40.3. The van der Waals surface area contributed by atoms with Crippen LogP contribution in [-0.2, 0) is 16.0 Å². The van der Waals surface area contributed by atoms with Crippen molar-refractivity contribution >= 4 is 40.3 Å². The maximum atomic E-state index is 13.4. The summed E-state index contributed by atoms with van der Waals surface area (Å²) in [5, 5.41) is 3.02. The molecule has 180 valence electrons. The van der Waals surface area contributed by atoms with Crippen LogP contribution < -0.4 is 5.32 Å². The maximum absolute atomic E-state index is 13.4. The highest BCUT2D eigenvalue weighted by atomic mass is 35.5. The van der Waals surface area contributed by atoms with Crippen molar-refractivity contribution in [2.24, 2.45) is 5.92 Å². The molecule has 0 radical (unpaired) electrons. The minimum atomic E-state index is -0.634. The lowest BCUT2D eigenvalue weighted by Gasteiger charge is -2.32. The van der Waals surface area contributed by atoms with E-state index in [0.717, 1.165) is 37.7 Å². The molecule has 0 unspecified atom stereocenters. The van der Waals surface area contributed by atoms with E-state index in [9.17, 15) is 18.8 Å². The van der Waals surface area contributed by atoms with E-state index in [-0.39, 0.29) is 23.3 Å². The van der Waals surface area contributed by atoms with Gasteiger partial charge in [-0.1, -0.05) is 30.3 Å². The molecule has 0 bridgehead atoms. The molecule has 1 N–H and O–H groups in total. The summed E-state index contributed by atoms with van der Waals surface area (Å²) in [6, 6.07) is 9.91. The highest BCUT2D eigenvalue weighted by Crippen LogP contribution is 2.39. The average molecular weight is 493 g/mol. The number of fused-ring (bicyclic) bond motifs is 1. The van der Waals surface area contributed by atoms with Gasteiger partial charge in [0, 0.05) is 24.7 Å². The van der Waals surface area contributed by atoms with E-state index in [1.807, 2.05) is 12.1 Å². The van der Waals surface area contributed by atoms with E-state index in [1.165, 1.54) is 12.1 Å². The first-order chi connectivity index (χ1) is 16.8. The van der Waals surface area contributed by atoms with Gasteiger partial charge >= 0.3 is 0 Å². The van der Waals surface area contributed by atoms with Crippen molar-refractivity contribution in [2.45, 2.75) is 38.1 Å². The predicted octanol–water partition coefficient (Wildman–Crippen LogP) is 4.83. The first kappa shape index (κ1) is 23.5. The van der Waals surface area contributed by atoms with Crippen LogP contribution >= 0.6 is 11.6 Å². The minimum absolute atomic E-state index is 0.0736. The molecule has 0 spiro atoms. The monoisotopic (exact) mass is 492 g/mol. The summed E-state index contributed by atoms with van der Waals surface area (Å²) < 4.78 is 13.2. The predicted molar refractivity (Wildman–Crippen MR) is 133 cm³/mol. The lowest BCUT2D eigenvalue weighted by atomic mass is 9.89. The Balaban J connectivity index is 1.29. The molecule has 5 nitrogen and oxygen atoms in total. The molecule has 5 rings (SSSR count). The second-order valence-electron chi connectivity index (χ2n) is 9.60. The van der Waals surface area contributed by atoms with Crippen LogP contribution in [0.2, 0.25) is 5.02 Å². The zero-order valence-electron chi connectivity index (χ0n) is 19.3. The topological polar surface area (TPSA) is 66.5 Å². The number of hydrogen-bond donors (Lipinski definition) is 1. The van der Waals surface area contributed by atoms with Crippen LogP contribution in [0, 0.1) is 11.7 Å². The van der Waals surface area contributed by atoms with Crippen molar-refractivity contribution < 1.29 is 18.8 Å². The molecule has 2 aromatic carbocycles. The van der Waals surface area contributed by atoms with Gasteiger partial charge in [0.25, 0.3) is 17.6 Å². The highest BCUT2D eigenvalue weighted by molar-refractivity contribution is 6.55. The molecule has 0 atom stereocenters. The Labute approximate surface area is 208 Å². The largest absolute Gasteiger partial charge is 0.346 e. The van der Waals surface area contributed by atoms with Gasteiger partial charge in [0.05, 0.1) is 10.6 Å². The van der Waals surface area contributed by atoms with Crippen molar-refractivity contribution in [1.29, 1.82) is 0 Å². The number of piperidine rings is 1. The van der Waals surface area contributed by atoms with Crippen molar-refractivity contribution in [3.05, 3.63) is 82.1 Å². The molecule has 0 aromatic heterocycles. The number of nitrogens with one attached hydrogen (secondary N) is 1. The zero-order chi connectivity index (χ0) is 24.7. The third-order valence-electron chi connectivity index (χ3n) is 7.00. The Morgan fingerprint density at radius 3 is 2.37 bits per heavy atom. The number of halogens is 2. The fourth-order valence-corrected chi connectivity index (χ4v) is 5.05. The Morgan fingerprint density at radius 1 is 1.03 bits per heavy atom. The molecule has 2 fully saturated rings. The Kier molecular flexibility index (Phi) is 6.32. The molecule has 1 saturated heterocycles. The van der Waals surface area contributed by atoms with Gasteiger partial charge in [0.15, 0.2) is 0 Å². The highest BCUT2D eigenvalue weighted by Gasteiger charge is 2.33. The number of allylic oxidation sites excluding steroid dienone is 2. The van der Waals surface area contributed by atoms with Crippen LogP contribution in [0.15, 0.2) is 49.1 Å². The number of benzene rings is 2. The SMILES string of the molecule is C=C1C=C(C(=O)C(=O)NC2CC2)c2cc(C(=O)N3CCC(Cc4ccc(F)cc4)CC3)c(Cl)cc21. The van der Waals surface area contributed by atoms with Crippen LogP contribution in [0.5, 0.6) is 0 Å². The lowest BCUT2D eigenvalue weighted by molar-refractivity contribution is -0.134. The van der Waals surface area contributed by atoms with Gasteiger partial charge in [-0.2, -0.15) is 0 Å². The molecule has 2 aliphatic carbocycles. The summed E-state index contributed by atoms with van der Waals surface area (Å²) in [5.74, 6) is -1.28. The molecular weight excluding hydrogens is 467 g/mol. The second-order valence-corrected chi connectivity index (χ2v) is 10.0. The van der Waals surface area contributed by atoms with E-state index >= 15 is 0 Å². The van der Waals surface area contributed by atoms with Crippen LogP contribution in [-0.4, -0.2) is 41.6 Å². The minimum Gasteiger partial charge on any atom is -0.346 e. The summed E-state index contributed by atoms with van der Waals surface area (Å²) in [5.41, 5.74) is 3.42. The summed E-state index contributed by atoms with van der Waals surface area (Å²) in [7, 11) is 0. The average Bonchev–Trinajstić information content (AvgIpc) is 3.61. The van der Waals surface area contributed by atoms with Gasteiger partial charge in [-0.15, -0.1) is 0 Å². The quantitative estimate of drug-likeness (QED) is 0.587. The van der Waals surface area contributed by atoms with Crippen LogP contribution in [0.4, 0.5) is 4.39 Å². The third-order valence-corrected chi connectivity index (χ3v) is 7.31. The number of carbonyl (C=O) groups is 3. The van der Waals surface area contributed by atoms with Crippen LogP contribution in [0.3, 0.4) is 0 Å². The van der Waals surface area contributed by atoms with Gasteiger partial charge in [-0.05, 0) is 90.6 Å². The molecule has 1 saturated carbocycles. The molecule has 3 aliphatic rings. The number of carbonyl (C=O) groups excluding carboxylic acids is 3. The van der Waals surface area contributed by atoms with Crippen molar-refractivity contribution in [3.8, 4) is 0 Å². The molecule has 1 aliphatic heterocycles. The third kappa shape index (κ3) is 4.94. The summed E-state index contributed by atoms with van der Waals surface area (Å²) >= 11 is 6.50. The normalized spacial score (nSPS) is 17.7. The van der Waals surface area contributed by atoms with Crippen molar-refractivity contribution in [1.82, 2.24) is 10.2 Å². The Morgan fingerprint density at radius 2 is 1.71 bits per heavy atom. The van der Waals surface area contributed by atoms with Gasteiger partial charge < -0.3 is 10.2 Å². The van der Waals surface area contributed by atoms with Crippen LogP contribution in [0.1, 0.15) is 52.7 Å². The Hall–Kier alpha value is -3.25. The smallest absolute Gasteiger partial charge is 0.292 e.